The molecule has 1 aliphatic carbocycles. The van der Waals surface area contributed by atoms with Crippen molar-refractivity contribution in [3.8, 4) is 0 Å². The Morgan fingerprint density at radius 1 is 1.21 bits per heavy atom. The van der Waals surface area contributed by atoms with Gasteiger partial charge < -0.3 is 5.32 Å². The topological polar surface area (TPSA) is 73.5 Å². The first-order valence-electron chi connectivity index (χ1n) is 8.94. The van der Waals surface area contributed by atoms with Gasteiger partial charge in [0.25, 0.3) is 0 Å². The van der Waals surface area contributed by atoms with Crippen LogP contribution < -0.4 is 5.32 Å². The Bertz CT molecular complexity index is 1020. The Kier molecular flexibility index (Phi) is 4.35. The summed E-state index contributed by atoms with van der Waals surface area (Å²) in [6, 6.07) is 0.124. The summed E-state index contributed by atoms with van der Waals surface area (Å²) in [6.07, 6.45) is 2.15. The SMILES string of the molecule is CNc1nc(Cc2cnn(C3CCc4c3cnn4C)c2C)ncc1C(F)(F)F. The maximum absolute atomic E-state index is 13.0. The van der Waals surface area contributed by atoms with E-state index in [-0.39, 0.29) is 11.9 Å². The lowest BCUT2D eigenvalue weighted by Gasteiger charge is -2.14. The van der Waals surface area contributed by atoms with Crippen molar-refractivity contribution in [2.75, 3.05) is 12.4 Å². The summed E-state index contributed by atoms with van der Waals surface area (Å²) in [7, 11) is 3.35. The predicted molar refractivity (Wildman–Crippen MR) is 96.0 cm³/mol. The molecule has 28 heavy (non-hydrogen) atoms. The minimum atomic E-state index is -4.50. The third-order valence-corrected chi connectivity index (χ3v) is 5.28. The Morgan fingerprint density at radius 3 is 2.71 bits per heavy atom. The van der Waals surface area contributed by atoms with Crippen LogP contribution in [0.1, 0.15) is 46.4 Å². The Morgan fingerprint density at radius 2 is 2.00 bits per heavy atom. The molecule has 0 aromatic carbocycles. The smallest absolute Gasteiger partial charge is 0.373 e. The molecule has 0 radical (unpaired) electrons. The summed E-state index contributed by atoms with van der Waals surface area (Å²) in [5, 5.41) is 11.4. The van der Waals surface area contributed by atoms with Crippen molar-refractivity contribution < 1.29 is 13.2 Å². The summed E-state index contributed by atoms with van der Waals surface area (Å²) >= 11 is 0. The lowest BCUT2D eigenvalue weighted by atomic mass is 10.1. The van der Waals surface area contributed by atoms with Gasteiger partial charge in [-0.15, -0.1) is 0 Å². The highest BCUT2D eigenvalue weighted by Crippen LogP contribution is 2.35. The van der Waals surface area contributed by atoms with E-state index in [1.807, 2.05) is 29.5 Å². The van der Waals surface area contributed by atoms with Gasteiger partial charge in [-0.1, -0.05) is 0 Å². The van der Waals surface area contributed by atoms with E-state index in [0.717, 1.165) is 30.3 Å². The molecule has 0 amide bonds. The number of halogens is 3. The summed E-state index contributed by atoms with van der Waals surface area (Å²) in [5.41, 5.74) is 3.35. The summed E-state index contributed by atoms with van der Waals surface area (Å²) in [5.74, 6) is 0.0897. The van der Waals surface area contributed by atoms with Crippen LogP contribution >= 0.6 is 0 Å². The fourth-order valence-electron chi connectivity index (χ4n) is 3.77. The zero-order chi connectivity index (χ0) is 20.1. The van der Waals surface area contributed by atoms with Gasteiger partial charge >= 0.3 is 6.18 Å². The normalized spacial score (nSPS) is 16.4. The van der Waals surface area contributed by atoms with Gasteiger partial charge in [0.15, 0.2) is 0 Å². The molecular formula is C18H20F3N7. The third-order valence-electron chi connectivity index (χ3n) is 5.28. The van der Waals surface area contributed by atoms with Crippen LogP contribution in [0.2, 0.25) is 0 Å². The fraction of sp³-hybridized carbons (Fsp3) is 0.444. The van der Waals surface area contributed by atoms with Crippen LogP contribution in [0.25, 0.3) is 0 Å². The molecule has 0 aliphatic heterocycles. The van der Waals surface area contributed by atoms with Crippen molar-refractivity contribution in [2.45, 2.75) is 38.4 Å². The number of fused-ring (bicyclic) bond motifs is 1. The maximum Gasteiger partial charge on any atom is 0.421 e. The van der Waals surface area contributed by atoms with Crippen molar-refractivity contribution in [3.05, 3.63) is 52.5 Å². The molecule has 3 aromatic heterocycles. The molecule has 0 spiro atoms. The molecule has 3 heterocycles. The third kappa shape index (κ3) is 3.02. The number of hydrogen-bond acceptors (Lipinski definition) is 5. The minimum Gasteiger partial charge on any atom is -0.373 e. The van der Waals surface area contributed by atoms with Gasteiger partial charge in [-0.2, -0.15) is 23.4 Å². The quantitative estimate of drug-likeness (QED) is 0.740. The van der Waals surface area contributed by atoms with E-state index in [1.54, 1.807) is 6.20 Å². The van der Waals surface area contributed by atoms with E-state index >= 15 is 0 Å². The van der Waals surface area contributed by atoms with Gasteiger partial charge in [-0.3, -0.25) is 9.36 Å². The average molecular weight is 391 g/mol. The van der Waals surface area contributed by atoms with Crippen molar-refractivity contribution >= 4 is 5.82 Å². The highest BCUT2D eigenvalue weighted by atomic mass is 19.4. The van der Waals surface area contributed by atoms with Crippen LogP contribution in [0.5, 0.6) is 0 Å². The number of hydrogen-bond donors (Lipinski definition) is 1. The standard InChI is InChI=1S/C18H20F3N7/c1-10-11(6-16-23-9-13(18(19,20)21)17(22-2)26-16)7-25-28(10)15-5-4-14-12(15)8-24-27(14)3/h7-9,15H,4-6H2,1-3H3,(H,22,23,26). The van der Waals surface area contributed by atoms with Crippen LogP contribution in [0.15, 0.2) is 18.6 Å². The second kappa shape index (κ2) is 6.61. The molecule has 0 bridgehead atoms. The summed E-state index contributed by atoms with van der Waals surface area (Å²) < 4.78 is 42.9. The lowest BCUT2D eigenvalue weighted by molar-refractivity contribution is -0.137. The van der Waals surface area contributed by atoms with Crippen LogP contribution in [0, 0.1) is 6.92 Å². The minimum absolute atomic E-state index is 0.124. The number of aryl methyl sites for hydroxylation is 1. The molecule has 0 saturated carbocycles. The monoisotopic (exact) mass is 391 g/mol. The lowest BCUT2D eigenvalue weighted by Crippen LogP contribution is -2.13. The molecule has 1 atom stereocenters. The van der Waals surface area contributed by atoms with E-state index in [0.29, 0.717) is 12.2 Å². The largest absolute Gasteiger partial charge is 0.421 e. The van der Waals surface area contributed by atoms with Gasteiger partial charge in [0.05, 0.1) is 18.4 Å². The molecule has 0 saturated heterocycles. The van der Waals surface area contributed by atoms with Crippen LogP contribution in [0.4, 0.5) is 19.0 Å². The molecule has 148 valence electrons. The molecular weight excluding hydrogens is 371 g/mol. The van der Waals surface area contributed by atoms with E-state index in [9.17, 15) is 13.2 Å². The molecule has 0 fully saturated rings. The predicted octanol–water partition coefficient (Wildman–Crippen LogP) is 2.90. The molecule has 1 unspecified atom stereocenters. The molecule has 1 aliphatic rings. The number of anilines is 1. The zero-order valence-corrected chi connectivity index (χ0v) is 15.7. The summed E-state index contributed by atoms with van der Waals surface area (Å²) in [4.78, 5) is 7.96. The molecule has 4 rings (SSSR count). The number of alkyl halides is 3. The number of nitrogens with zero attached hydrogens (tertiary/aromatic N) is 6. The summed E-state index contributed by atoms with van der Waals surface area (Å²) in [6.45, 7) is 1.96. The first-order chi connectivity index (χ1) is 13.3. The Labute approximate surface area is 159 Å². The first kappa shape index (κ1) is 18.5. The zero-order valence-electron chi connectivity index (χ0n) is 15.7. The van der Waals surface area contributed by atoms with Crippen molar-refractivity contribution in [3.63, 3.8) is 0 Å². The molecule has 3 aromatic rings. The first-order valence-corrected chi connectivity index (χ1v) is 8.94. The van der Waals surface area contributed by atoms with Crippen LogP contribution in [-0.4, -0.2) is 36.6 Å². The van der Waals surface area contributed by atoms with Crippen molar-refractivity contribution in [2.24, 2.45) is 7.05 Å². The molecule has 7 nitrogen and oxygen atoms in total. The molecule has 10 heteroatoms. The van der Waals surface area contributed by atoms with Gasteiger partial charge in [-0.25, -0.2) is 9.97 Å². The van der Waals surface area contributed by atoms with Gasteiger partial charge in [0.2, 0.25) is 0 Å². The van der Waals surface area contributed by atoms with E-state index in [1.165, 1.54) is 18.3 Å². The average Bonchev–Trinajstić information content (AvgIpc) is 3.32. The van der Waals surface area contributed by atoms with Crippen LogP contribution in [-0.2, 0) is 26.1 Å². The van der Waals surface area contributed by atoms with Crippen molar-refractivity contribution in [1.29, 1.82) is 0 Å². The second-order valence-electron chi connectivity index (χ2n) is 6.90. The van der Waals surface area contributed by atoms with Gasteiger partial charge in [-0.05, 0) is 19.8 Å². The number of aromatic nitrogens is 6. The Hall–Kier alpha value is -2.91. The number of nitrogens with one attached hydrogen (secondary N) is 1. The van der Waals surface area contributed by atoms with E-state index in [2.05, 4.69) is 25.5 Å². The van der Waals surface area contributed by atoms with E-state index in [4.69, 9.17) is 0 Å². The maximum atomic E-state index is 13.0. The van der Waals surface area contributed by atoms with Crippen molar-refractivity contribution in [1.82, 2.24) is 29.5 Å². The fourth-order valence-corrected chi connectivity index (χ4v) is 3.77. The highest BCUT2D eigenvalue weighted by Gasteiger charge is 2.35. The van der Waals surface area contributed by atoms with Gasteiger partial charge in [0.1, 0.15) is 17.2 Å². The van der Waals surface area contributed by atoms with Crippen LogP contribution in [0.3, 0.4) is 0 Å². The van der Waals surface area contributed by atoms with E-state index < -0.39 is 11.7 Å². The Balaban J connectivity index is 1.61. The molecule has 1 N–H and O–H groups in total. The highest BCUT2D eigenvalue weighted by molar-refractivity contribution is 5.44. The second-order valence-corrected chi connectivity index (χ2v) is 6.90. The number of rotatable bonds is 4. The van der Waals surface area contributed by atoms with Gasteiger partial charge in [0, 0.05) is 49.2 Å².